The molecule has 0 spiro atoms. The van der Waals surface area contributed by atoms with Gasteiger partial charge in [0.2, 0.25) is 15.9 Å². The topological polar surface area (TPSA) is 66.5 Å². The summed E-state index contributed by atoms with van der Waals surface area (Å²) in [6, 6.07) is 11.1. The van der Waals surface area contributed by atoms with Crippen LogP contribution in [-0.4, -0.2) is 31.7 Å². The molecule has 0 unspecified atom stereocenters. The van der Waals surface area contributed by atoms with E-state index in [-0.39, 0.29) is 24.3 Å². The van der Waals surface area contributed by atoms with E-state index in [9.17, 15) is 17.6 Å². The van der Waals surface area contributed by atoms with E-state index in [1.165, 1.54) is 16.4 Å². The van der Waals surface area contributed by atoms with Crippen molar-refractivity contribution < 1.29 is 17.6 Å². The summed E-state index contributed by atoms with van der Waals surface area (Å²) in [5.74, 6) is -0.916. The molecule has 0 bridgehead atoms. The zero-order chi connectivity index (χ0) is 21.2. The van der Waals surface area contributed by atoms with E-state index in [4.69, 9.17) is 0 Å². The number of nitrogens with one attached hydrogen (secondary N) is 1. The molecule has 1 heterocycles. The minimum atomic E-state index is -3.66. The van der Waals surface area contributed by atoms with Crippen molar-refractivity contribution in [1.29, 1.82) is 0 Å². The van der Waals surface area contributed by atoms with Crippen LogP contribution < -0.4 is 5.32 Å². The molecule has 5 nitrogen and oxygen atoms in total. The molecule has 29 heavy (non-hydrogen) atoms. The predicted octanol–water partition coefficient (Wildman–Crippen LogP) is 3.72. The maximum Gasteiger partial charge on any atom is 0.243 e. The van der Waals surface area contributed by atoms with Gasteiger partial charge >= 0.3 is 0 Å². The van der Waals surface area contributed by atoms with Gasteiger partial charge in [0.25, 0.3) is 0 Å². The lowest BCUT2D eigenvalue weighted by Gasteiger charge is -2.32. The SMILES string of the molecule is Cc1ccc(C)c(S(=O)(=O)N2CCC[C@H](C(=O)N[C@@H](C)c3ccc(F)cc3)C2)c1. The summed E-state index contributed by atoms with van der Waals surface area (Å²) in [4.78, 5) is 13.1. The van der Waals surface area contributed by atoms with Crippen LogP contribution in [0.5, 0.6) is 0 Å². The second kappa shape index (κ2) is 8.63. The van der Waals surface area contributed by atoms with Crippen molar-refractivity contribution in [3.05, 3.63) is 65.0 Å². The number of carbonyl (C=O) groups is 1. The van der Waals surface area contributed by atoms with Crippen LogP contribution in [-0.2, 0) is 14.8 Å². The molecule has 3 rings (SSSR count). The molecule has 1 aliphatic rings. The molecule has 0 radical (unpaired) electrons. The lowest BCUT2D eigenvalue weighted by molar-refractivity contribution is -0.126. The summed E-state index contributed by atoms with van der Waals surface area (Å²) < 4.78 is 40.8. The number of amides is 1. The summed E-state index contributed by atoms with van der Waals surface area (Å²) in [6.45, 7) is 6.05. The molecule has 156 valence electrons. The van der Waals surface area contributed by atoms with E-state index in [0.717, 1.165) is 11.1 Å². The van der Waals surface area contributed by atoms with E-state index in [2.05, 4.69) is 5.32 Å². The number of carbonyl (C=O) groups excluding carboxylic acids is 1. The molecule has 1 amide bonds. The van der Waals surface area contributed by atoms with Gasteiger partial charge in [0.05, 0.1) is 16.9 Å². The first-order valence-electron chi connectivity index (χ1n) is 9.81. The number of halogens is 1. The number of benzene rings is 2. The van der Waals surface area contributed by atoms with Crippen LogP contribution in [0.4, 0.5) is 4.39 Å². The van der Waals surface area contributed by atoms with E-state index >= 15 is 0 Å². The maximum absolute atomic E-state index is 13.2. The fourth-order valence-corrected chi connectivity index (χ4v) is 5.50. The Bertz CT molecular complexity index is 990. The van der Waals surface area contributed by atoms with Gasteiger partial charge in [-0.25, -0.2) is 12.8 Å². The van der Waals surface area contributed by atoms with Crippen LogP contribution in [0, 0.1) is 25.6 Å². The average Bonchev–Trinajstić information content (AvgIpc) is 2.70. The second-order valence-electron chi connectivity index (χ2n) is 7.75. The fourth-order valence-electron chi connectivity index (χ4n) is 3.67. The first-order chi connectivity index (χ1) is 13.7. The van der Waals surface area contributed by atoms with Crippen molar-refractivity contribution in [3.8, 4) is 0 Å². The molecule has 2 aromatic rings. The summed E-state index contributed by atoms with van der Waals surface area (Å²) >= 11 is 0. The smallest absolute Gasteiger partial charge is 0.243 e. The van der Waals surface area contributed by atoms with Gasteiger partial charge in [-0.05, 0) is 68.5 Å². The monoisotopic (exact) mass is 418 g/mol. The van der Waals surface area contributed by atoms with Crippen LogP contribution in [0.3, 0.4) is 0 Å². The molecule has 0 aromatic heterocycles. The van der Waals surface area contributed by atoms with Gasteiger partial charge in [0.1, 0.15) is 5.82 Å². The quantitative estimate of drug-likeness (QED) is 0.805. The molecule has 1 fully saturated rings. The summed E-state index contributed by atoms with van der Waals surface area (Å²) in [6.07, 6.45) is 1.27. The highest BCUT2D eigenvalue weighted by atomic mass is 32.2. The van der Waals surface area contributed by atoms with E-state index in [0.29, 0.717) is 29.8 Å². The summed E-state index contributed by atoms with van der Waals surface area (Å²) in [5.41, 5.74) is 2.39. The minimum absolute atomic E-state index is 0.164. The molecule has 0 saturated carbocycles. The molecular formula is C22H27FN2O3S. The number of rotatable bonds is 5. The molecule has 2 aromatic carbocycles. The Morgan fingerprint density at radius 3 is 2.55 bits per heavy atom. The number of hydrogen-bond donors (Lipinski definition) is 1. The van der Waals surface area contributed by atoms with Crippen molar-refractivity contribution >= 4 is 15.9 Å². The second-order valence-corrected chi connectivity index (χ2v) is 9.66. The average molecular weight is 419 g/mol. The van der Waals surface area contributed by atoms with Crippen LogP contribution >= 0.6 is 0 Å². The normalized spacial score (nSPS) is 19.0. The highest BCUT2D eigenvalue weighted by Crippen LogP contribution is 2.27. The largest absolute Gasteiger partial charge is 0.349 e. The molecule has 1 aliphatic heterocycles. The highest BCUT2D eigenvalue weighted by molar-refractivity contribution is 7.89. The van der Waals surface area contributed by atoms with E-state index in [1.807, 2.05) is 19.9 Å². The Balaban J connectivity index is 1.72. The highest BCUT2D eigenvalue weighted by Gasteiger charge is 2.34. The third-order valence-electron chi connectivity index (χ3n) is 5.45. The molecule has 1 N–H and O–H groups in total. The number of nitrogens with zero attached hydrogens (tertiary/aromatic N) is 1. The number of hydrogen-bond acceptors (Lipinski definition) is 3. The first kappa shape index (κ1) is 21.5. The molecule has 2 atom stereocenters. The van der Waals surface area contributed by atoms with Gasteiger partial charge < -0.3 is 5.32 Å². The van der Waals surface area contributed by atoms with Crippen LogP contribution in [0.15, 0.2) is 47.4 Å². The first-order valence-corrected chi connectivity index (χ1v) is 11.3. The van der Waals surface area contributed by atoms with Crippen molar-refractivity contribution in [2.24, 2.45) is 5.92 Å². The van der Waals surface area contributed by atoms with Gasteiger partial charge in [0.15, 0.2) is 0 Å². The lowest BCUT2D eigenvalue weighted by atomic mass is 9.98. The maximum atomic E-state index is 13.2. The van der Waals surface area contributed by atoms with Gasteiger partial charge in [-0.3, -0.25) is 4.79 Å². The number of sulfonamides is 1. The van der Waals surface area contributed by atoms with Crippen LogP contribution in [0.1, 0.15) is 42.5 Å². The zero-order valence-corrected chi connectivity index (χ0v) is 17.8. The standard InChI is InChI=1S/C22H27FN2O3S/c1-15-6-7-16(2)21(13-15)29(27,28)25-12-4-5-19(14-25)22(26)24-17(3)18-8-10-20(23)11-9-18/h6-11,13,17,19H,4-5,12,14H2,1-3H3,(H,24,26)/t17-,19-/m0/s1. The van der Waals surface area contributed by atoms with Crippen molar-refractivity contribution in [1.82, 2.24) is 9.62 Å². The van der Waals surface area contributed by atoms with Crippen molar-refractivity contribution in [3.63, 3.8) is 0 Å². The molecule has 1 saturated heterocycles. The van der Waals surface area contributed by atoms with Gasteiger partial charge in [0, 0.05) is 13.1 Å². The Hall–Kier alpha value is -2.25. The Kier molecular flexibility index (Phi) is 6.39. The summed E-state index contributed by atoms with van der Waals surface area (Å²) in [5, 5.41) is 2.93. The lowest BCUT2D eigenvalue weighted by Crippen LogP contribution is -2.45. The van der Waals surface area contributed by atoms with Crippen LogP contribution in [0.2, 0.25) is 0 Å². The molecular weight excluding hydrogens is 391 g/mol. The predicted molar refractivity (Wildman–Crippen MR) is 110 cm³/mol. The minimum Gasteiger partial charge on any atom is -0.349 e. The Morgan fingerprint density at radius 1 is 1.17 bits per heavy atom. The van der Waals surface area contributed by atoms with Crippen molar-refractivity contribution in [2.75, 3.05) is 13.1 Å². The van der Waals surface area contributed by atoms with Gasteiger partial charge in [-0.2, -0.15) is 4.31 Å². The van der Waals surface area contributed by atoms with E-state index in [1.54, 1.807) is 31.2 Å². The third-order valence-corrected chi connectivity index (χ3v) is 7.45. The number of piperidine rings is 1. The van der Waals surface area contributed by atoms with Gasteiger partial charge in [-0.1, -0.05) is 24.3 Å². The summed E-state index contributed by atoms with van der Waals surface area (Å²) in [7, 11) is -3.66. The Labute approximate surface area is 172 Å². The van der Waals surface area contributed by atoms with E-state index < -0.39 is 15.9 Å². The molecule has 7 heteroatoms. The fraction of sp³-hybridized carbons (Fsp3) is 0.409. The Morgan fingerprint density at radius 2 is 1.86 bits per heavy atom. The van der Waals surface area contributed by atoms with Crippen LogP contribution in [0.25, 0.3) is 0 Å². The molecule has 0 aliphatic carbocycles. The van der Waals surface area contributed by atoms with Gasteiger partial charge in [-0.15, -0.1) is 0 Å². The van der Waals surface area contributed by atoms with Crippen molar-refractivity contribution in [2.45, 2.75) is 44.6 Å². The zero-order valence-electron chi connectivity index (χ0n) is 17.0. The third kappa shape index (κ3) is 4.85. The number of aryl methyl sites for hydroxylation is 2.